The van der Waals surface area contributed by atoms with Crippen molar-refractivity contribution in [3.05, 3.63) is 65.2 Å². The molecule has 0 aliphatic heterocycles. The first-order chi connectivity index (χ1) is 15.5. The van der Waals surface area contributed by atoms with E-state index in [2.05, 4.69) is 0 Å². The minimum Gasteiger partial charge on any atom is -0.465 e. The molecule has 4 nitrogen and oxygen atoms in total. The van der Waals surface area contributed by atoms with Gasteiger partial charge in [-0.05, 0) is 36.8 Å². The number of esters is 1. The monoisotopic (exact) mass is 503 g/mol. The van der Waals surface area contributed by atoms with Crippen molar-refractivity contribution >= 4 is 11.7 Å². The van der Waals surface area contributed by atoms with E-state index in [1.807, 2.05) is 0 Å². The largest absolute Gasteiger partial charge is 0.465 e. The first-order valence-corrected chi connectivity index (χ1v) is 9.53. The average Bonchev–Trinajstić information content (AvgIpc) is 2.71. The van der Waals surface area contributed by atoms with Crippen LogP contribution >= 0.6 is 0 Å². The van der Waals surface area contributed by atoms with E-state index < -0.39 is 47.8 Å². The van der Waals surface area contributed by atoms with E-state index in [9.17, 15) is 49.4 Å². The second-order valence-corrected chi connectivity index (χ2v) is 7.11. The molecule has 0 saturated heterocycles. The molecule has 0 bridgehead atoms. The molecule has 34 heavy (non-hydrogen) atoms. The Bertz CT molecular complexity index is 951. The number of nitrogens with zero attached hydrogens (tertiary/aromatic N) is 1. The molecule has 0 saturated carbocycles. The average molecular weight is 503 g/mol. The summed E-state index contributed by atoms with van der Waals surface area (Å²) in [6, 6.07) is 6.24. The molecule has 2 aromatic carbocycles. The van der Waals surface area contributed by atoms with Crippen LogP contribution in [0.4, 0.5) is 45.2 Å². The normalized spacial score (nSPS) is 13.0. The summed E-state index contributed by atoms with van der Waals surface area (Å²) in [5.74, 6) is -0.791. The molecule has 2 rings (SSSR count). The molecule has 13 heteroatoms. The first kappa shape index (κ1) is 27.3. The Morgan fingerprint density at radius 1 is 0.824 bits per heavy atom. The number of benzene rings is 2. The molecule has 2 aromatic rings. The van der Waals surface area contributed by atoms with Gasteiger partial charge in [0.1, 0.15) is 6.54 Å². The summed E-state index contributed by atoms with van der Waals surface area (Å²) in [6.07, 6.45) is -16.7. The van der Waals surface area contributed by atoms with Crippen molar-refractivity contribution in [1.82, 2.24) is 0 Å². The number of rotatable bonds is 7. The minimum atomic E-state index is -6.07. The smallest absolute Gasteiger partial charge is 0.430 e. The molecule has 0 aliphatic carbocycles. The number of carbonyl (C=O) groups is 1. The first-order valence-electron chi connectivity index (χ1n) is 9.53. The Kier molecular flexibility index (Phi) is 7.80. The fraction of sp³-hybridized carbons (Fsp3) is 0.381. The van der Waals surface area contributed by atoms with Crippen LogP contribution in [0.1, 0.15) is 23.6 Å². The molecule has 0 heterocycles. The highest BCUT2D eigenvalue weighted by molar-refractivity contribution is 5.76. The lowest BCUT2D eigenvalue weighted by atomic mass is 9.92. The number of halogens is 9. The molecule has 0 aliphatic rings. The number of alkyl halides is 9. The zero-order valence-electron chi connectivity index (χ0n) is 17.4. The predicted octanol–water partition coefficient (Wildman–Crippen LogP) is 5.59. The third kappa shape index (κ3) is 5.93. The predicted molar refractivity (Wildman–Crippen MR) is 102 cm³/mol. The van der Waals surface area contributed by atoms with Gasteiger partial charge < -0.3 is 14.7 Å². The Morgan fingerprint density at radius 3 is 1.71 bits per heavy atom. The van der Waals surface area contributed by atoms with Gasteiger partial charge in [-0.3, -0.25) is 4.79 Å². The molecule has 0 amide bonds. The van der Waals surface area contributed by atoms with Gasteiger partial charge in [-0.15, -0.1) is 0 Å². The van der Waals surface area contributed by atoms with Crippen LogP contribution in [0.2, 0.25) is 0 Å². The highest BCUT2D eigenvalue weighted by atomic mass is 19.4. The molecule has 0 radical (unpaired) electrons. The van der Waals surface area contributed by atoms with Crippen LogP contribution in [0.15, 0.2) is 48.5 Å². The van der Waals surface area contributed by atoms with Gasteiger partial charge in [0.2, 0.25) is 0 Å². The Morgan fingerprint density at radius 2 is 1.29 bits per heavy atom. The third-order valence-electron chi connectivity index (χ3n) is 4.75. The van der Waals surface area contributed by atoms with Crippen LogP contribution in [0.25, 0.3) is 0 Å². The van der Waals surface area contributed by atoms with Gasteiger partial charge in [-0.2, -0.15) is 39.5 Å². The Balaban J connectivity index is 2.41. The standard InChI is InChI=1S/C21H18F9NO3/c1-2-34-17(32)12-31(11-13-3-5-15(6-4-13)19(22,23)24)16-9-7-14(8-10-16)18(33,20(25,26)27)21(28,29)30/h3-10,33H,2,11-12H2,1H3. The summed E-state index contributed by atoms with van der Waals surface area (Å²) in [5, 5.41) is 9.50. The van der Waals surface area contributed by atoms with Crippen LogP contribution in [0.5, 0.6) is 0 Å². The molecule has 1 N–H and O–H groups in total. The molecular weight excluding hydrogens is 485 g/mol. The van der Waals surface area contributed by atoms with Gasteiger partial charge in [0, 0.05) is 17.8 Å². The molecule has 0 unspecified atom stereocenters. The van der Waals surface area contributed by atoms with E-state index in [4.69, 9.17) is 4.74 Å². The number of aliphatic hydroxyl groups is 1. The molecule has 0 aromatic heterocycles. The van der Waals surface area contributed by atoms with E-state index >= 15 is 0 Å². The number of carbonyl (C=O) groups excluding carboxylic acids is 1. The fourth-order valence-electron chi connectivity index (χ4n) is 3.02. The molecule has 0 fully saturated rings. The second-order valence-electron chi connectivity index (χ2n) is 7.11. The number of hydrogen-bond donors (Lipinski definition) is 1. The van der Waals surface area contributed by atoms with E-state index in [1.165, 1.54) is 11.8 Å². The highest BCUT2D eigenvalue weighted by Crippen LogP contribution is 2.50. The lowest BCUT2D eigenvalue weighted by molar-refractivity contribution is -0.376. The summed E-state index contributed by atoms with van der Waals surface area (Å²) in [7, 11) is 0. The fourth-order valence-corrected chi connectivity index (χ4v) is 3.02. The van der Waals surface area contributed by atoms with Gasteiger partial charge in [0.15, 0.2) is 0 Å². The van der Waals surface area contributed by atoms with Gasteiger partial charge in [-0.25, -0.2) is 0 Å². The second kappa shape index (κ2) is 9.72. The van der Waals surface area contributed by atoms with Crippen molar-refractivity contribution in [3.8, 4) is 0 Å². The minimum absolute atomic E-state index is 0.0178. The maximum atomic E-state index is 13.1. The summed E-state index contributed by atoms with van der Waals surface area (Å²) in [6.45, 7) is 0.758. The van der Waals surface area contributed by atoms with Crippen molar-refractivity contribution in [2.45, 2.75) is 37.6 Å². The Labute approximate surface area is 187 Å². The van der Waals surface area contributed by atoms with Crippen molar-refractivity contribution in [2.75, 3.05) is 18.1 Å². The van der Waals surface area contributed by atoms with E-state index in [-0.39, 0.29) is 24.4 Å². The molecular formula is C21H18F9NO3. The highest BCUT2D eigenvalue weighted by Gasteiger charge is 2.71. The Hall–Kier alpha value is -2.96. The van der Waals surface area contributed by atoms with Crippen molar-refractivity contribution in [3.63, 3.8) is 0 Å². The number of ether oxygens (including phenoxy) is 1. The number of hydrogen-bond acceptors (Lipinski definition) is 4. The van der Waals surface area contributed by atoms with Crippen molar-refractivity contribution < 1.29 is 54.2 Å². The quantitative estimate of drug-likeness (QED) is 0.396. The molecule has 0 spiro atoms. The maximum absolute atomic E-state index is 13.1. The van der Waals surface area contributed by atoms with Crippen LogP contribution < -0.4 is 4.90 Å². The molecule has 188 valence electrons. The topological polar surface area (TPSA) is 49.8 Å². The van der Waals surface area contributed by atoms with Crippen LogP contribution in [-0.2, 0) is 27.9 Å². The zero-order chi connectivity index (χ0) is 25.9. The van der Waals surface area contributed by atoms with Crippen LogP contribution in [0, 0.1) is 0 Å². The maximum Gasteiger partial charge on any atom is 0.430 e. The lowest BCUT2D eigenvalue weighted by Crippen LogP contribution is -2.53. The van der Waals surface area contributed by atoms with Gasteiger partial charge in [0.25, 0.3) is 5.60 Å². The van der Waals surface area contributed by atoms with E-state index in [0.29, 0.717) is 12.1 Å². The number of anilines is 1. The van der Waals surface area contributed by atoms with Crippen LogP contribution in [-0.4, -0.2) is 36.6 Å². The van der Waals surface area contributed by atoms with E-state index in [0.717, 1.165) is 36.4 Å². The van der Waals surface area contributed by atoms with Crippen molar-refractivity contribution in [2.24, 2.45) is 0 Å². The zero-order valence-corrected chi connectivity index (χ0v) is 17.4. The SMILES string of the molecule is CCOC(=O)CN(Cc1ccc(C(F)(F)F)cc1)c1ccc(C(O)(C(F)(F)F)C(F)(F)F)cc1. The summed E-state index contributed by atoms with van der Waals surface area (Å²) in [5.41, 5.74) is -7.33. The third-order valence-corrected chi connectivity index (χ3v) is 4.75. The molecule has 0 atom stereocenters. The van der Waals surface area contributed by atoms with Gasteiger partial charge >= 0.3 is 24.5 Å². The lowest BCUT2D eigenvalue weighted by Gasteiger charge is -2.33. The summed E-state index contributed by atoms with van der Waals surface area (Å²) < 4.78 is 122. The van der Waals surface area contributed by atoms with Crippen LogP contribution in [0.3, 0.4) is 0 Å². The summed E-state index contributed by atoms with van der Waals surface area (Å²) in [4.78, 5) is 13.1. The summed E-state index contributed by atoms with van der Waals surface area (Å²) >= 11 is 0. The van der Waals surface area contributed by atoms with Crippen molar-refractivity contribution in [1.29, 1.82) is 0 Å². The van der Waals surface area contributed by atoms with E-state index in [1.54, 1.807) is 0 Å². The van der Waals surface area contributed by atoms with Gasteiger partial charge in [-0.1, -0.05) is 24.3 Å². The van der Waals surface area contributed by atoms with Gasteiger partial charge in [0.05, 0.1) is 12.2 Å².